The predicted molar refractivity (Wildman–Crippen MR) is 138 cm³/mol. The molecular formula is C27H22ClF7N2O6. The molecule has 2 aromatic carbocycles. The molecule has 0 aliphatic heterocycles. The van der Waals surface area contributed by atoms with Gasteiger partial charge in [-0.2, -0.15) is 22.0 Å². The van der Waals surface area contributed by atoms with Crippen LogP contribution in [0.2, 0.25) is 5.02 Å². The number of nitrogens with zero attached hydrogens (tertiary/aromatic N) is 1. The van der Waals surface area contributed by atoms with Crippen LogP contribution in [0.4, 0.5) is 30.7 Å². The van der Waals surface area contributed by atoms with E-state index in [0.29, 0.717) is 5.39 Å². The number of rotatable bonds is 12. The number of amides is 1. The second-order valence-electron chi connectivity index (χ2n) is 9.09. The molecule has 0 saturated carbocycles. The minimum absolute atomic E-state index is 0.0375. The standard InChI is InChI=1S/C27H22ClF7N2O6/c1-2-19(37-7-5-13-3-4-14(28)9-15(13)26(37)41)25(40)36-18(11-21(39)42-8-6-27(33,34)35)20(38)12-43-24-22(31)16(29)10-17(30)23(24)32/h3-5,7,9-10,18-19H,2,6,8,11-12H2,1H3,(H,36,40)/t18?,19-/m0/s1. The van der Waals surface area contributed by atoms with E-state index in [1.165, 1.54) is 25.3 Å². The van der Waals surface area contributed by atoms with Crippen LogP contribution in [0.1, 0.15) is 32.2 Å². The van der Waals surface area contributed by atoms with Crippen molar-refractivity contribution >= 4 is 40.0 Å². The number of carbonyl (C=O) groups is 3. The van der Waals surface area contributed by atoms with Crippen molar-refractivity contribution < 1.29 is 54.6 Å². The molecule has 8 nitrogen and oxygen atoms in total. The summed E-state index contributed by atoms with van der Waals surface area (Å²) in [6, 6.07) is 2.68. The number of esters is 1. The summed E-state index contributed by atoms with van der Waals surface area (Å²) >= 11 is 5.97. The zero-order valence-corrected chi connectivity index (χ0v) is 22.8. The van der Waals surface area contributed by atoms with E-state index in [1.54, 1.807) is 12.1 Å². The summed E-state index contributed by atoms with van der Waals surface area (Å²) in [5.74, 6) is -12.9. The normalized spacial score (nSPS) is 13.0. The fourth-order valence-electron chi connectivity index (χ4n) is 3.92. The van der Waals surface area contributed by atoms with Crippen molar-refractivity contribution in [2.24, 2.45) is 0 Å². The third-order valence-corrected chi connectivity index (χ3v) is 6.31. The topological polar surface area (TPSA) is 104 Å². The van der Waals surface area contributed by atoms with Gasteiger partial charge in [0.05, 0.1) is 19.4 Å². The van der Waals surface area contributed by atoms with Gasteiger partial charge in [-0.1, -0.05) is 24.6 Å². The molecule has 1 unspecified atom stereocenters. The molecule has 0 radical (unpaired) electrons. The van der Waals surface area contributed by atoms with Crippen molar-refractivity contribution in [2.45, 2.75) is 44.4 Å². The van der Waals surface area contributed by atoms with Gasteiger partial charge in [0, 0.05) is 22.7 Å². The smallest absolute Gasteiger partial charge is 0.392 e. The quantitative estimate of drug-likeness (QED) is 0.167. The third-order valence-electron chi connectivity index (χ3n) is 6.07. The molecule has 232 valence electrons. The minimum Gasteiger partial charge on any atom is -0.479 e. The lowest BCUT2D eigenvalue weighted by molar-refractivity contribution is -0.160. The second kappa shape index (κ2) is 13.9. The molecule has 3 rings (SSSR count). The minimum atomic E-state index is -4.67. The summed E-state index contributed by atoms with van der Waals surface area (Å²) in [6.07, 6.45) is -5.99. The maximum atomic E-state index is 14.0. The largest absolute Gasteiger partial charge is 0.479 e. The molecule has 0 aliphatic carbocycles. The molecule has 0 fully saturated rings. The van der Waals surface area contributed by atoms with E-state index in [1.807, 2.05) is 0 Å². The zero-order valence-electron chi connectivity index (χ0n) is 22.1. The van der Waals surface area contributed by atoms with Gasteiger partial charge in [-0.15, -0.1) is 0 Å². The summed E-state index contributed by atoms with van der Waals surface area (Å²) in [4.78, 5) is 51.4. The Hall–Kier alpha value is -4.14. The van der Waals surface area contributed by atoms with Gasteiger partial charge in [-0.25, -0.2) is 8.78 Å². The third kappa shape index (κ3) is 8.46. The zero-order chi connectivity index (χ0) is 32.1. The van der Waals surface area contributed by atoms with Crippen LogP contribution in [-0.2, 0) is 19.1 Å². The number of hydrogen-bond acceptors (Lipinski definition) is 6. The molecule has 0 bridgehead atoms. The lowest BCUT2D eigenvalue weighted by atomic mass is 10.1. The summed E-state index contributed by atoms with van der Waals surface area (Å²) in [5.41, 5.74) is -0.640. The van der Waals surface area contributed by atoms with Gasteiger partial charge in [0.1, 0.15) is 18.7 Å². The molecule has 0 aliphatic rings. The van der Waals surface area contributed by atoms with E-state index in [0.717, 1.165) is 4.57 Å². The van der Waals surface area contributed by atoms with Gasteiger partial charge < -0.3 is 19.4 Å². The Labute approximate surface area is 243 Å². The highest BCUT2D eigenvalue weighted by atomic mass is 35.5. The van der Waals surface area contributed by atoms with Crippen molar-refractivity contribution in [3.8, 4) is 5.75 Å². The molecule has 3 aromatic rings. The molecule has 16 heteroatoms. The predicted octanol–water partition coefficient (Wildman–Crippen LogP) is 5.18. The Bertz CT molecular complexity index is 1570. The second-order valence-corrected chi connectivity index (χ2v) is 9.52. The van der Waals surface area contributed by atoms with Gasteiger partial charge in [0.15, 0.2) is 23.2 Å². The van der Waals surface area contributed by atoms with E-state index in [2.05, 4.69) is 14.8 Å². The Morgan fingerprint density at radius 1 is 1.02 bits per heavy atom. The summed E-state index contributed by atoms with van der Waals surface area (Å²) in [7, 11) is 0. The summed E-state index contributed by atoms with van der Waals surface area (Å²) in [6.45, 7) is -0.948. The average molecular weight is 639 g/mol. The number of pyridine rings is 1. The molecule has 0 saturated heterocycles. The fourth-order valence-corrected chi connectivity index (χ4v) is 4.09. The lowest BCUT2D eigenvalue weighted by Gasteiger charge is -2.23. The number of aromatic nitrogens is 1. The number of ether oxygens (including phenoxy) is 2. The first-order valence-electron chi connectivity index (χ1n) is 12.4. The van der Waals surface area contributed by atoms with Crippen LogP contribution in [0.15, 0.2) is 41.3 Å². The van der Waals surface area contributed by atoms with Crippen molar-refractivity contribution in [1.82, 2.24) is 9.88 Å². The molecular weight excluding hydrogens is 617 g/mol. The van der Waals surface area contributed by atoms with Crippen molar-refractivity contribution in [1.29, 1.82) is 0 Å². The molecule has 1 heterocycles. The van der Waals surface area contributed by atoms with Crippen molar-refractivity contribution in [3.63, 3.8) is 0 Å². The van der Waals surface area contributed by atoms with Crippen LogP contribution in [0.5, 0.6) is 5.75 Å². The Balaban J connectivity index is 1.86. The number of benzene rings is 2. The van der Waals surface area contributed by atoms with Crippen molar-refractivity contribution in [2.75, 3.05) is 13.2 Å². The van der Waals surface area contributed by atoms with E-state index >= 15 is 0 Å². The number of Topliss-reactive ketones (excluding diaryl/α,β-unsaturated/α-hetero) is 1. The highest BCUT2D eigenvalue weighted by Crippen LogP contribution is 2.27. The Morgan fingerprint density at radius 2 is 1.67 bits per heavy atom. The fraction of sp³-hybridized carbons (Fsp3) is 0.333. The average Bonchev–Trinajstić information content (AvgIpc) is 2.92. The summed E-state index contributed by atoms with van der Waals surface area (Å²) in [5, 5.41) is 3.06. The number of carbonyl (C=O) groups excluding carboxylic acids is 3. The highest BCUT2D eigenvalue weighted by molar-refractivity contribution is 6.31. The van der Waals surface area contributed by atoms with Gasteiger partial charge in [-0.3, -0.25) is 19.2 Å². The Kier molecular flexibility index (Phi) is 10.8. The molecule has 2 atom stereocenters. The van der Waals surface area contributed by atoms with E-state index in [-0.39, 0.29) is 22.9 Å². The van der Waals surface area contributed by atoms with E-state index in [4.69, 9.17) is 11.6 Å². The number of alkyl halides is 3. The van der Waals surface area contributed by atoms with Crippen LogP contribution in [0.25, 0.3) is 10.8 Å². The number of nitrogens with one attached hydrogen (secondary N) is 1. The van der Waals surface area contributed by atoms with Crippen LogP contribution >= 0.6 is 11.6 Å². The van der Waals surface area contributed by atoms with Crippen LogP contribution < -0.4 is 15.6 Å². The molecule has 43 heavy (non-hydrogen) atoms. The number of ketones is 1. The first-order valence-corrected chi connectivity index (χ1v) is 12.8. The van der Waals surface area contributed by atoms with Gasteiger partial charge in [-0.05, 0) is 30.0 Å². The lowest BCUT2D eigenvalue weighted by Crippen LogP contribution is -2.48. The molecule has 1 amide bonds. The first-order chi connectivity index (χ1) is 20.1. The maximum absolute atomic E-state index is 14.0. The van der Waals surface area contributed by atoms with E-state index in [9.17, 15) is 49.9 Å². The van der Waals surface area contributed by atoms with Crippen LogP contribution in [0, 0.1) is 23.3 Å². The van der Waals surface area contributed by atoms with Gasteiger partial charge >= 0.3 is 12.1 Å². The Morgan fingerprint density at radius 3 is 2.28 bits per heavy atom. The number of hydrogen-bond donors (Lipinski definition) is 1. The summed E-state index contributed by atoms with van der Waals surface area (Å²) < 4.78 is 102. The highest BCUT2D eigenvalue weighted by Gasteiger charge is 2.32. The number of fused-ring (bicyclic) bond motifs is 1. The molecule has 0 spiro atoms. The number of halogens is 8. The monoisotopic (exact) mass is 638 g/mol. The van der Waals surface area contributed by atoms with E-state index < -0.39 is 96.6 Å². The molecule has 1 aromatic heterocycles. The van der Waals surface area contributed by atoms with Crippen molar-refractivity contribution in [3.05, 3.63) is 75.2 Å². The SMILES string of the molecule is CC[C@@H](C(=O)NC(CC(=O)OCCC(F)(F)F)C(=O)COc1c(F)c(F)cc(F)c1F)n1ccc2ccc(Cl)cc2c1=O. The first kappa shape index (κ1) is 33.4. The molecule has 1 N–H and O–H groups in total. The maximum Gasteiger partial charge on any atom is 0.392 e. The van der Waals surface area contributed by atoms with Gasteiger partial charge in [0.25, 0.3) is 5.56 Å². The van der Waals surface area contributed by atoms with Crippen LogP contribution in [-0.4, -0.2) is 47.7 Å². The van der Waals surface area contributed by atoms with Crippen LogP contribution in [0.3, 0.4) is 0 Å². The van der Waals surface area contributed by atoms with Gasteiger partial charge in [0.2, 0.25) is 17.5 Å².